The van der Waals surface area contributed by atoms with Gasteiger partial charge in [-0.25, -0.2) is 4.79 Å². The van der Waals surface area contributed by atoms with Crippen molar-refractivity contribution >= 4 is 25.2 Å². The number of thioether (sulfide) groups is 1. The fraction of sp³-hybridized carbons (Fsp3) is 0.600. The molecule has 0 spiro atoms. The van der Waals surface area contributed by atoms with Crippen molar-refractivity contribution in [1.82, 2.24) is 9.55 Å². The second-order valence-electron chi connectivity index (χ2n) is 4.75. The Balaban J connectivity index is 2.06. The van der Waals surface area contributed by atoms with Gasteiger partial charge in [-0.2, -0.15) is 4.98 Å². The second-order valence-corrected chi connectivity index (χ2v) is 7.86. The molecule has 0 aliphatic carbocycles. The van der Waals surface area contributed by atoms with Crippen molar-refractivity contribution in [2.24, 2.45) is 0 Å². The minimum absolute atomic E-state index is 0.0167. The van der Waals surface area contributed by atoms with Crippen LogP contribution in [-0.2, 0) is 9.30 Å². The molecule has 124 valence electrons. The molecular weight excluding hydrogens is 337 g/mol. The Bertz CT molecular complexity index is 635. The van der Waals surface area contributed by atoms with E-state index in [1.165, 1.54) is 12.3 Å². The highest BCUT2D eigenvalue weighted by Crippen LogP contribution is 2.40. The van der Waals surface area contributed by atoms with Crippen molar-refractivity contribution in [2.45, 2.75) is 24.5 Å². The van der Waals surface area contributed by atoms with Gasteiger partial charge in [0.25, 0.3) is 0 Å². The zero-order valence-electron chi connectivity index (χ0n) is 11.2. The average Bonchev–Trinajstić information content (AvgIpc) is 2.66. The molecular formula is C10H16N3O7PS. The number of rotatable bonds is 5. The summed E-state index contributed by atoms with van der Waals surface area (Å²) in [4.78, 5) is 32.8. The molecule has 22 heavy (non-hydrogen) atoms. The molecule has 4 atom stereocenters. The lowest BCUT2D eigenvalue weighted by Gasteiger charge is -2.16. The third-order valence-electron chi connectivity index (χ3n) is 3.00. The summed E-state index contributed by atoms with van der Waals surface area (Å²) in [6.45, 7) is 0. The molecule has 0 unspecified atom stereocenters. The van der Waals surface area contributed by atoms with E-state index in [9.17, 15) is 19.6 Å². The van der Waals surface area contributed by atoms with E-state index in [1.54, 1.807) is 0 Å². The Morgan fingerprint density at radius 3 is 2.68 bits per heavy atom. The number of aliphatic hydroxyl groups excluding tert-OH is 2. The minimum Gasteiger partial charge on any atom is -0.387 e. The van der Waals surface area contributed by atoms with Crippen LogP contribution in [0.25, 0.3) is 0 Å². The number of aromatic nitrogens is 2. The van der Waals surface area contributed by atoms with Gasteiger partial charge in [0.15, 0.2) is 6.23 Å². The number of anilines is 1. The molecule has 1 aromatic heterocycles. The summed E-state index contributed by atoms with van der Waals surface area (Å²) in [6, 6.07) is 1.35. The molecule has 1 saturated heterocycles. The molecule has 1 aromatic rings. The molecule has 6 N–H and O–H groups in total. The fourth-order valence-electron chi connectivity index (χ4n) is 2.00. The summed E-state index contributed by atoms with van der Waals surface area (Å²) in [5.41, 5.74) is 4.20. The van der Waals surface area contributed by atoms with E-state index in [1.807, 2.05) is 0 Å². The predicted molar refractivity (Wildman–Crippen MR) is 78.2 cm³/mol. The highest BCUT2D eigenvalue weighted by Gasteiger charge is 2.44. The monoisotopic (exact) mass is 353 g/mol. The van der Waals surface area contributed by atoms with Gasteiger partial charge in [-0.05, 0) is 6.07 Å². The topological polar surface area (TPSA) is 168 Å². The van der Waals surface area contributed by atoms with Crippen molar-refractivity contribution in [3.8, 4) is 0 Å². The Kier molecular flexibility index (Phi) is 5.28. The van der Waals surface area contributed by atoms with Crippen LogP contribution in [-0.4, -0.2) is 59.1 Å². The van der Waals surface area contributed by atoms with Gasteiger partial charge in [0.05, 0.1) is 11.6 Å². The molecule has 1 aliphatic heterocycles. The van der Waals surface area contributed by atoms with Crippen LogP contribution in [0.1, 0.15) is 6.23 Å². The maximum absolute atomic E-state index is 11.7. The van der Waals surface area contributed by atoms with Crippen LogP contribution >= 0.6 is 19.4 Å². The van der Waals surface area contributed by atoms with Crippen LogP contribution in [0.4, 0.5) is 5.82 Å². The Morgan fingerprint density at radius 2 is 2.09 bits per heavy atom. The molecule has 0 radical (unpaired) electrons. The highest BCUT2D eigenvalue weighted by atomic mass is 32.2. The molecule has 12 heteroatoms. The summed E-state index contributed by atoms with van der Waals surface area (Å²) >= 11 is 0.885. The Morgan fingerprint density at radius 1 is 1.41 bits per heavy atom. The van der Waals surface area contributed by atoms with E-state index in [4.69, 9.17) is 20.3 Å². The van der Waals surface area contributed by atoms with E-state index in [0.29, 0.717) is 0 Å². The lowest BCUT2D eigenvalue weighted by atomic mass is 10.1. The van der Waals surface area contributed by atoms with E-state index in [-0.39, 0.29) is 11.6 Å². The zero-order valence-corrected chi connectivity index (χ0v) is 12.9. The average molecular weight is 353 g/mol. The largest absolute Gasteiger partial charge is 0.387 e. The summed E-state index contributed by atoms with van der Waals surface area (Å²) < 4.78 is 17.2. The molecule has 2 heterocycles. The molecule has 1 aliphatic rings. The lowest BCUT2D eigenvalue weighted by Crippen LogP contribution is -2.35. The number of nitrogens with two attached hydrogens (primary N) is 1. The SMILES string of the molecule is Nc1ccn([C@@H]2O[C@H](CSCP(=O)(O)O)[C@@H](O)[C@H]2O)c(=O)n1. The van der Waals surface area contributed by atoms with E-state index in [0.717, 1.165) is 16.3 Å². The molecule has 0 amide bonds. The lowest BCUT2D eigenvalue weighted by molar-refractivity contribution is -0.0339. The van der Waals surface area contributed by atoms with Crippen LogP contribution in [0.5, 0.6) is 0 Å². The third-order valence-corrected chi connectivity index (χ3v) is 5.64. The van der Waals surface area contributed by atoms with Gasteiger partial charge in [0, 0.05) is 11.9 Å². The zero-order chi connectivity index (χ0) is 16.5. The summed E-state index contributed by atoms with van der Waals surface area (Å²) in [6.07, 6.45) is -3.39. The highest BCUT2D eigenvalue weighted by molar-refractivity contribution is 8.04. The first-order valence-corrected chi connectivity index (χ1v) is 9.13. The number of hydrogen-bond acceptors (Lipinski definition) is 8. The van der Waals surface area contributed by atoms with Crippen LogP contribution in [0, 0.1) is 0 Å². The van der Waals surface area contributed by atoms with Crippen molar-refractivity contribution in [3.05, 3.63) is 22.7 Å². The minimum atomic E-state index is -4.16. The number of ether oxygens (including phenoxy) is 1. The maximum atomic E-state index is 11.7. The number of nitrogen functional groups attached to an aromatic ring is 1. The molecule has 2 rings (SSSR count). The summed E-state index contributed by atoms with van der Waals surface area (Å²) in [5.74, 6) is 0.0693. The third kappa shape index (κ3) is 4.07. The molecule has 0 saturated carbocycles. The van der Waals surface area contributed by atoms with Gasteiger partial charge >= 0.3 is 13.3 Å². The van der Waals surface area contributed by atoms with Crippen molar-refractivity contribution in [1.29, 1.82) is 0 Å². The van der Waals surface area contributed by atoms with E-state index >= 15 is 0 Å². The first kappa shape index (κ1) is 17.4. The number of nitrogens with zero attached hydrogens (tertiary/aromatic N) is 2. The van der Waals surface area contributed by atoms with Gasteiger partial charge in [0.1, 0.15) is 18.0 Å². The maximum Gasteiger partial charge on any atom is 0.351 e. The first-order valence-electron chi connectivity index (χ1n) is 6.17. The van der Waals surface area contributed by atoms with Gasteiger partial charge in [-0.1, -0.05) is 0 Å². The molecule has 1 fully saturated rings. The smallest absolute Gasteiger partial charge is 0.351 e. The Labute approximate surface area is 129 Å². The van der Waals surface area contributed by atoms with Gasteiger partial charge in [-0.15, -0.1) is 11.8 Å². The number of aliphatic hydroxyl groups is 2. The van der Waals surface area contributed by atoms with Gasteiger partial charge in [-0.3, -0.25) is 9.13 Å². The quantitative estimate of drug-likeness (QED) is 0.385. The van der Waals surface area contributed by atoms with Crippen LogP contribution in [0.2, 0.25) is 0 Å². The van der Waals surface area contributed by atoms with E-state index in [2.05, 4.69) is 4.98 Å². The summed E-state index contributed by atoms with van der Waals surface area (Å²) in [7, 11) is -4.16. The number of hydrogen-bond donors (Lipinski definition) is 5. The Hall–Kier alpha value is -0.940. The van der Waals surface area contributed by atoms with E-state index < -0.39 is 43.3 Å². The molecule has 0 bridgehead atoms. The van der Waals surface area contributed by atoms with Crippen molar-refractivity contribution in [2.75, 3.05) is 17.0 Å². The second kappa shape index (κ2) is 6.67. The van der Waals surface area contributed by atoms with Gasteiger partial charge < -0.3 is 30.5 Å². The predicted octanol–water partition coefficient (Wildman–Crippen LogP) is -1.69. The van der Waals surface area contributed by atoms with Gasteiger partial charge in [0.2, 0.25) is 0 Å². The fourth-order valence-corrected chi connectivity index (χ4v) is 3.89. The van der Waals surface area contributed by atoms with Crippen molar-refractivity contribution in [3.63, 3.8) is 0 Å². The first-order chi connectivity index (χ1) is 10.2. The van der Waals surface area contributed by atoms with Crippen LogP contribution in [0.15, 0.2) is 17.1 Å². The standard InChI is InChI=1S/C10H16N3O7PS/c11-6-1-2-13(10(16)12-6)9-8(15)7(14)5(20-9)3-22-4-21(17,18)19/h1-2,5,7-9,14-15H,3-4H2,(H2,11,12,16)(H2,17,18,19)/t5-,7-,8-,9-/m1/s1. The molecule has 0 aromatic carbocycles. The van der Waals surface area contributed by atoms with Crippen molar-refractivity contribution < 1.29 is 29.3 Å². The molecule has 10 nitrogen and oxygen atoms in total. The summed E-state index contributed by atoms with van der Waals surface area (Å²) in [5, 5.41) is 19.9. The normalized spacial score (nSPS) is 28.9. The van der Waals surface area contributed by atoms with Crippen LogP contribution in [0.3, 0.4) is 0 Å². The van der Waals surface area contributed by atoms with Crippen LogP contribution < -0.4 is 11.4 Å².